The standard InChI is InChI=1S/C16H21NS2/c1-17(10-9-16-8-5-11-19-16)12-15(13-18)14-6-3-2-4-7-14/h2-8,11,15,18H,9-10,12-13H2,1H3. The maximum absolute atomic E-state index is 4.50. The molecule has 0 aliphatic rings. The molecule has 0 aliphatic heterocycles. The van der Waals surface area contributed by atoms with Crippen LogP contribution in [-0.4, -0.2) is 30.8 Å². The molecule has 3 heteroatoms. The van der Waals surface area contributed by atoms with E-state index in [0.29, 0.717) is 5.92 Å². The lowest BCUT2D eigenvalue weighted by Crippen LogP contribution is -2.27. The fourth-order valence-corrected chi connectivity index (χ4v) is 3.24. The summed E-state index contributed by atoms with van der Waals surface area (Å²) in [5.41, 5.74) is 1.39. The van der Waals surface area contributed by atoms with Crippen LogP contribution >= 0.6 is 24.0 Å². The summed E-state index contributed by atoms with van der Waals surface area (Å²) >= 11 is 6.35. The van der Waals surface area contributed by atoms with E-state index >= 15 is 0 Å². The monoisotopic (exact) mass is 291 g/mol. The molecular formula is C16H21NS2. The van der Waals surface area contributed by atoms with Crippen molar-refractivity contribution in [3.63, 3.8) is 0 Å². The highest BCUT2D eigenvalue weighted by molar-refractivity contribution is 7.80. The third-order valence-electron chi connectivity index (χ3n) is 3.34. The Kier molecular flexibility index (Phi) is 5.95. The van der Waals surface area contributed by atoms with Gasteiger partial charge in [-0.15, -0.1) is 11.3 Å². The van der Waals surface area contributed by atoms with E-state index in [0.717, 1.165) is 25.3 Å². The van der Waals surface area contributed by atoms with Crippen LogP contribution in [0.2, 0.25) is 0 Å². The van der Waals surface area contributed by atoms with Crippen LogP contribution in [0.4, 0.5) is 0 Å². The van der Waals surface area contributed by atoms with Gasteiger partial charge in [-0.25, -0.2) is 0 Å². The maximum atomic E-state index is 4.50. The summed E-state index contributed by atoms with van der Waals surface area (Å²) < 4.78 is 0. The van der Waals surface area contributed by atoms with Crippen LogP contribution in [0.5, 0.6) is 0 Å². The highest BCUT2D eigenvalue weighted by Crippen LogP contribution is 2.18. The zero-order chi connectivity index (χ0) is 13.5. The normalized spacial score (nSPS) is 12.8. The first-order valence-electron chi connectivity index (χ1n) is 6.66. The second kappa shape index (κ2) is 7.73. The number of hydrogen-bond acceptors (Lipinski definition) is 3. The zero-order valence-corrected chi connectivity index (χ0v) is 13.0. The van der Waals surface area contributed by atoms with Gasteiger partial charge in [-0.05, 0) is 36.2 Å². The molecule has 1 heterocycles. The average molecular weight is 291 g/mol. The minimum Gasteiger partial charge on any atom is -0.305 e. The van der Waals surface area contributed by atoms with Gasteiger partial charge in [-0.2, -0.15) is 12.6 Å². The Morgan fingerprint density at radius 1 is 1.16 bits per heavy atom. The smallest absolute Gasteiger partial charge is 0.00579 e. The first kappa shape index (κ1) is 14.6. The van der Waals surface area contributed by atoms with Gasteiger partial charge in [-0.3, -0.25) is 0 Å². The molecule has 0 spiro atoms. The Balaban J connectivity index is 1.84. The Labute approximate surface area is 125 Å². The SMILES string of the molecule is CN(CCc1cccs1)CC(CS)c1ccccc1. The first-order valence-corrected chi connectivity index (χ1v) is 8.17. The molecule has 1 atom stereocenters. The first-order chi connectivity index (χ1) is 9.29. The van der Waals surface area contributed by atoms with Crippen LogP contribution in [-0.2, 0) is 6.42 Å². The van der Waals surface area contributed by atoms with Crippen LogP contribution in [0.1, 0.15) is 16.4 Å². The molecule has 0 aliphatic carbocycles. The summed E-state index contributed by atoms with van der Waals surface area (Å²) in [4.78, 5) is 3.88. The summed E-state index contributed by atoms with van der Waals surface area (Å²) in [7, 11) is 2.20. The lowest BCUT2D eigenvalue weighted by molar-refractivity contribution is 0.323. The molecule has 102 valence electrons. The lowest BCUT2D eigenvalue weighted by Gasteiger charge is -2.23. The molecule has 1 nitrogen and oxygen atoms in total. The number of rotatable bonds is 7. The Morgan fingerprint density at radius 2 is 1.95 bits per heavy atom. The summed E-state index contributed by atoms with van der Waals surface area (Å²) in [5.74, 6) is 1.41. The molecule has 1 aromatic carbocycles. The van der Waals surface area contributed by atoms with Gasteiger partial charge in [0.1, 0.15) is 0 Å². The Bertz CT molecular complexity index is 453. The molecule has 0 fully saturated rings. The van der Waals surface area contributed by atoms with E-state index in [1.165, 1.54) is 10.4 Å². The van der Waals surface area contributed by atoms with E-state index in [1.54, 1.807) is 0 Å². The predicted molar refractivity (Wildman–Crippen MR) is 88.6 cm³/mol. The number of thiophene rings is 1. The Morgan fingerprint density at radius 3 is 2.58 bits per heavy atom. The summed E-state index contributed by atoms with van der Waals surface area (Å²) in [6.07, 6.45) is 1.14. The van der Waals surface area contributed by atoms with Crippen LogP contribution in [0.25, 0.3) is 0 Å². The number of thiol groups is 1. The Hall–Kier alpha value is -0.770. The molecule has 0 radical (unpaired) electrons. The molecule has 2 rings (SSSR count). The second-order valence-corrected chi connectivity index (χ2v) is 6.28. The van der Waals surface area contributed by atoms with Crippen LogP contribution in [0.15, 0.2) is 47.8 Å². The number of benzene rings is 1. The van der Waals surface area contributed by atoms with Gasteiger partial charge in [0, 0.05) is 23.9 Å². The van der Waals surface area contributed by atoms with Gasteiger partial charge in [0.25, 0.3) is 0 Å². The number of hydrogen-bond donors (Lipinski definition) is 1. The van der Waals surface area contributed by atoms with E-state index in [4.69, 9.17) is 0 Å². The molecule has 0 saturated heterocycles. The van der Waals surface area contributed by atoms with E-state index < -0.39 is 0 Å². The highest BCUT2D eigenvalue weighted by Gasteiger charge is 2.12. The van der Waals surface area contributed by atoms with E-state index in [2.05, 4.69) is 72.4 Å². The molecule has 0 bridgehead atoms. The van der Waals surface area contributed by atoms with Crippen molar-refractivity contribution in [2.24, 2.45) is 0 Å². The fourth-order valence-electron chi connectivity index (χ4n) is 2.22. The predicted octanol–water partition coefficient (Wildman–Crippen LogP) is 3.94. The molecule has 2 aromatic rings. The van der Waals surface area contributed by atoms with E-state index in [9.17, 15) is 0 Å². The average Bonchev–Trinajstić information content (AvgIpc) is 2.97. The van der Waals surface area contributed by atoms with Crippen molar-refractivity contribution in [2.75, 3.05) is 25.9 Å². The minimum atomic E-state index is 0.512. The summed E-state index contributed by atoms with van der Waals surface area (Å²) in [6.45, 7) is 2.18. The minimum absolute atomic E-state index is 0.512. The molecule has 1 aromatic heterocycles. The second-order valence-electron chi connectivity index (χ2n) is 4.88. The third-order valence-corrected chi connectivity index (χ3v) is 4.72. The topological polar surface area (TPSA) is 3.24 Å². The van der Waals surface area contributed by atoms with Crippen molar-refractivity contribution in [2.45, 2.75) is 12.3 Å². The third kappa shape index (κ3) is 4.68. The molecule has 0 amide bonds. The van der Waals surface area contributed by atoms with Gasteiger partial charge in [-0.1, -0.05) is 36.4 Å². The zero-order valence-electron chi connectivity index (χ0n) is 11.3. The molecule has 0 N–H and O–H groups in total. The van der Waals surface area contributed by atoms with Crippen LogP contribution < -0.4 is 0 Å². The van der Waals surface area contributed by atoms with Crippen molar-refractivity contribution >= 4 is 24.0 Å². The van der Waals surface area contributed by atoms with Gasteiger partial charge in [0.05, 0.1) is 0 Å². The molecular weight excluding hydrogens is 270 g/mol. The lowest BCUT2D eigenvalue weighted by atomic mass is 10.0. The molecule has 0 saturated carbocycles. The van der Waals surface area contributed by atoms with Crippen molar-refractivity contribution in [1.82, 2.24) is 4.90 Å². The largest absolute Gasteiger partial charge is 0.305 e. The van der Waals surface area contributed by atoms with Gasteiger partial charge in [0.2, 0.25) is 0 Å². The van der Waals surface area contributed by atoms with E-state index in [-0.39, 0.29) is 0 Å². The fraction of sp³-hybridized carbons (Fsp3) is 0.375. The van der Waals surface area contributed by atoms with Crippen molar-refractivity contribution in [3.8, 4) is 0 Å². The summed E-state index contributed by atoms with van der Waals surface area (Å²) in [5, 5.41) is 2.15. The molecule has 1 unspecified atom stereocenters. The number of likely N-dealkylation sites (N-methyl/N-ethyl adjacent to an activating group) is 1. The van der Waals surface area contributed by atoms with Gasteiger partial charge < -0.3 is 4.90 Å². The van der Waals surface area contributed by atoms with Crippen molar-refractivity contribution in [1.29, 1.82) is 0 Å². The van der Waals surface area contributed by atoms with Crippen LogP contribution in [0.3, 0.4) is 0 Å². The quantitative estimate of drug-likeness (QED) is 0.756. The van der Waals surface area contributed by atoms with Crippen molar-refractivity contribution in [3.05, 3.63) is 58.3 Å². The van der Waals surface area contributed by atoms with Gasteiger partial charge >= 0.3 is 0 Å². The number of nitrogens with zero attached hydrogens (tertiary/aromatic N) is 1. The van der Waals surface area contributed by atoms with E-state index in [1.807, 2.05) is 11.3 Å². The van der Waals surface area contributed by atoms with Crippen LogP contribution in [0, 0.1) is 0 Å². The van der Waals surface area contributed by atoms with Crippen molar-refractivity contribution < 1.29 is 0 Å². The van der Waals surface area contributed by atoms with Gasteiger partial charge in [0.15, 0.2) is 0 Å². The maximum Gasteiger partial charge on any atom is 0.00579 e. The highest BCUT2D eigenvalue weighted by atomic mass is 32.1. The summed E-state index contributed by atoms with van der Waals surface area (Å²) in [6, 6.07) is 15.0. The molecule has 19 heavy (non-hydrogen) atoms.